The van der Waals surface area contributed by atoms with Crippen molar-refractivity contribution >= 4 is 5.96 Å². The van der Waals surface area contributed by atoms with Crippen molar-refractivity contribution in [3.05, 3.63) is 35.5 Å². The predicted molar refractivity (Wildman–Crippen MR) is 102 cm³/mol. The zero-order valence-corrected chi connectivity index (χ0v) is 15.3. The standard InChI is InChI=1S/C20H30N4O/c1-21-20(22-12-11-16-5-3-2-4-6-16)24-14-18-9-10-19(23-13-18)25-15-17-7-8-17/h5,9-10,13,17H,2-4,6-8,11-12,14-15H2,1H3,(H2,21,22,24). The Morgan fingerprint density at radius 2 is 2.20 bits per heavy atom. The van der Waals surface area contributed by atoms with E-state index in [1.54, 1.807) is 5.57 Å². The van der Waals surface area contributed by atoms with Crippen LogP contribution in [0.4, 0.5) is 0 Å². The topological polar surface area (TPSA) is 58.5 Å². The van der Waals surface area contributed by atoms with Gasteiger partial charge in [-0.2, -0.15) is 0 Å². The monoisotopic (exact) mass is 342 g/mol. The van der Waals surface area contributed by atoms with Crippen LogP contribution in [0.25, 0.3) is 0 Å². The second-order valence-corrected chi connectivity index (χ2v) is 6.97. The highest BCUT2D eigenvalue weighted by Gasteiger charge is 2.22. The largest absolute Gasteiger partial charge is 0.477 e. The van der Waals surface area contributed by atoms with Crippen LogP contribution in [-0.4, -0.2) is 31.1 Å². The van der Waals surface area contributed by atoms with Crippen LogP contribution in [0.2, 0.25) is 0 Å². The summed E-state index contributed by atoms with van der Waals surface area (Å²) in [4.78, 5) is 8.66. The van der Waals surface area contributed by atoms with Crippen LogP contribution >= 0.6 is 0 Å². The van der Waals surface area contributed by atoms with Crippen molar-refractivity contribution in [2.75, 3.05) is 20.2 Å². The van der Waals surface area contributed by atoms with Gasteiger partial charge in [-0.1, -0.05) is 17.7 Å². The molecule has 5 heteroatoms. The molecule has 0 bridgehead atoms. The van der Waals surface area contributed by atoms with Gasteiger partial charge in [0.15, 0.2) is 5.96 Å². The Kier molecular flexibility index (Phi) is 6.71. The maximum atomic E-state index is 5.67. The Bertz CT molecular complexity index is 590. The van der Waals surface area contributed by atoms with E-state index in [0.29, 0.717) is 6.54 Å². The SMILES string of the molecule is CN=C(NCCC1=CCCCC1)NCc1ccc(OCC2CC2)nc1. The molecule has 0 unspecified atom stereocenters. The molecular formula is C20H30N4O. The van der Waals surface area contributed by atoms with E-state index in [-0.39, 0.29) is 0 Å². The average molecular weight is 342 g/mol. The van der Waals surface area contributed by atoms with Gasteiger partial charge < -0.3 is 15.4 Å². The first-order valence-electron chi connectivity index (χ1n) is 9.53. The van der Waals surface area contributed by atoms with Crippen LogP contribution in [0.3, 0.4) is 0 Å². The third kappa shape index (κ3) is 6.40. The molecule has 5 nitrogen and oxygen atoms in total. The summed E-state index contributed by atoms with van der Waals surface area (Å²) < 4.78 is 5.67. The molecule has 2 N–H and O–H groups in total. The van der Waals surface area contributed by atoms with E-state index in [1.165, 1.54) is 38.5 Å². The average Bonchev–Trinajstić information content (AvgIpc) is 3.49. The molecule has 2 aliphatic rings. The first-order chi connectivity index (χ1) is 12.3. The van der Waals surface area contributed by atoms with E-state index in [2.05, 4.69) is 32.8 Å². The lowest BCUT2D eigenvalue weighted by Gasteiger charge is -2.15. The maximum absolute atomic E-state index is 5.67. The zero-order chi connectivity index (χ0) is 17.3. The Hall–Kier alpha value is -2.04. The highest BCUT2D eigenvalue weighted by atomic mass is 16.5. The number of nitrogens with zero attached hydrogens (tertiary/aromatic N) is 2. The lowest BCUT2D eigenvalue weighted by molar-refractivity contribution is 0.288. The predicted octanol–water partition coefficient (Wildman–Crippen LogP) is 3.43. The van der Waals surface area contributed by atoms with Gasteiger partial charge in [-0.05, 0) is 56.4 Å². The van der Waals surface area contributed by atoms with Crippen molar-refractivity contribution in [3.8, 4) is 5.88 Å². The number of guanidine groups is 1. The van der Waals surface area contributed by atoms with Crippen molar-refractivity contribution in [2.45, 2.75) is 51.5 Å². The number of allylic oxidation sites excluding steroid dienone is 1. The molecule has 136 valence electrons. The van der Waals surface area contributed by atoms with Gasteiger partial charge in [0.2, 0.25) is 5.88 Å². The Morgan fingerprint density at radius 1 is 1.28 bits per heavy atom. The third-order valence-corrected chi connectivity index (χ3v) is 4.77. The molecule has 0 radical (unpaired) electrons. The van der Waals surface area contributed by atoms with E-state index in [1.807, 2.05) is 19.3 Å². The van der Waals surface area contributed by atoms with E-state index in [0.717, 1.165) is 42.9 Å². The summed E-state index contributed by atoms with van der Waals surface area (Å²) in [6.07, 6.45) is 13.2. The van der Waals surface area contributed by atoms with Crippen molar-refractivity contribution in [2.24, 2.45) is 10.9 Å². The minimum absolute atomic E-state index is 0.707. The summed E-state index contributed by atoms with van der Waals surface area (Å²) in [5.41, 5.74) is 2.71. The molecule has 1 aromatic rings. The lowest BCUT2D eigenvalue weighted by Crippen LogP contribution is -2.37. The second kappa shape index (κ2) is 9.44. The quantitative estimate of drug-likeness (QED) is 0.432. The van der Waals surface area contributed by atoms with Gasteiger partial charge >= 0.3 is 0 Å². The fraction of sp³-hybridized carbons (Fsp3) is 0.600. The first kappa shape index (κ1) is 17.8. The molecule has 3 rings (SSSR count). The van der Waals surface area contributed by atoms with E-state index >= 15 is 0 Å². The number of ether oxygens (including phenoxy) is 1. The Morgan fingerprint density at radius 3 is 2.88 bits per heavy atom. The minimum Gasteiger partial charge on any atom is -0.477 e. The van der Waals surface area contributed by atoms with Crippen LogP contribution < -0.4 is 15.4 Å². The van der Waals surface area contributed by atoms with Gasteiger partial charge in [0.05, 0.1) is 6.61 Å². The summed E-state index contributed by atoms with van der Waals surface area (Å²) in [6, 6.07) is 4.01. The second-order valence-electron chi connectivity index (χ2n) is 6.97. The van der Waals surface area contributed by atoms with Gasteiger partial charge in [0.1, 0.15) is 0 Å². The molecule has 0 aliphatic heterocycles. The molecule has 0 saturated heterocycles. The van der Waals surface area contributed by atoms with Crippen molar-refractivity contribution in [3.63, 3.8) is 0 Å². The van der Waals surface area contributed by atoms with Crippen molar-refractivity contribution in [1.82, 2.24) is 15.6 Å². The fourth-order valence-corrected chi connectivity index (χ4v) is 2.97. The fourth-order valence-electron chi connectivity index (χ4n) is 2.97. The maximum Gasteiger partial charge on any atom is 0.213 e. The van der Waals surface area contributed by atoms with Gasteiger partial charge in [-0.15, -0.1) is 0 Å². The van der Waals surface area contributed by atoms with Gasteiger partial charge in [0.25, 0.3) is 0 Å². The molecule has 0 spiro atoms. The third-order valence-electron chi connectivity index (χ3n) is 4.77. The van der Waals surface area contributed by atoms with E-state index in [9.17, 15) is 0 Å². The van der Waals surface area contributed by atoms with E-state index < -0.39 is 0 Å². The molecule has 2 aliphatic carbocycles. The van der Waals surface area contributed by atoms with Gasteiger partial charge in [0, 0.05) is 32.4 Å². The molecule has 0 amide bonds. The number of nitrogens with one attached hydrogen (secondary N) is 2. The number of aliphatic imine (C=N–C) groups is 1. The number of pyridine rings is 1. The van der Waals surface area contributed by atoms with Crippen LogP contribution in [0, 0.1) is 5.92 Å². The van der Waals surface area contributed by atoms with E-state index in [4.69, 9.17) is 4.74 Å². The molecule has 1 fully saturated rings. The van der Waals surface area contributed by atoms with Crippen LogP contribution in [0.1, 0.15) is 50.5 Å². The summed E-state index contributed by atoms with van der Waals surface area (Å²) in [7, 11) is 1.81. The smallest absolute Gasteiger partial charge is 0.213 e. The Balaban J connectivity index is 1.35. The lowest BCUT2D eigenvalue weighted by atomic mass is 9.97. The number of hydrogen-bond acceptors (Lipinski definition) is 3. The minimum atomic E-state index is 0.707. The highest BCUT2D eigenvalue weighted by Crippen LogP contribution is 2.29. The molecule has 1 aromatic heterocycles. The molecule has 1 saturated carbocycles. The summed E-state index contributed by atoms with van der Waals surface area (Å²) >= 11 is 0. The zero-order valence-electron chi connectivity index (χ0n) is 15.3. The number of hydrogen-bond donors (Lipinski definition) is 2. The van der Waals surface area contributed by atoms with Crippen LogP contribution in [-0.2, 0) is 6.54 Å². The molecule has 0 atom stereocenters. The summed E-state index contributed by atoms with van der Waals surface area (Å²) in [5.74, 6) is 2.31. The molecule has 0 aromatic carbocycles. The Labute approximate surface area is 151 Å². The highest BCUT2D eigenvalue weighted by molar-refractivity contribution is 5.79. The first-order valence-corrected chi connectivity index (χ1v) is 9.53. The summed E-state index contributed by atoms with van der Waals surface area (Å²) in [5, 5.41) is 6.73. The van der Waals surface area contributed by atoms with Crippen molar-refractivity contribution < 1.29 is 4.74 Å². The normalized spacial score (nSPS) is 17.8. The van der Waals surface area contributed by atoms with Crippen molar-refractivity contribution in [1.29, 1.82) is 0 Å². The molecular weight excluding hydrogens is 312 g/mol. The molecule has 25 heavy (non-hydrogen) atoms. The van der Waals surface area contributed by atoms with Gasteiger partial charge in [-0.25, -0.2) is 4.98 Å². The van der Waals surface area contributed by atoms with Gasteiger partial charge in [-0.3, -0.25) is 4.99 Å². The summed E-state index contributed by atoms with van der Waals surface area (Å²) in [6.45, 7) is 2.44. The number of aromatic nitrogens is 1. The number of rotatable bonds is 8. The van der Waals surface area contributed by atoms with Crippen LogP contribution in [0.15, 0.2) is 35.0 Å². The van der Waals surface area contributed by atoms with Crippen LogP contribution in [0.5, 0.6) is 5.88 Å². The molecule has 1 heterocycles.